The molecule has 1 aliphatic heterocycles. The highest BCUT2D eigenvalue weighted by Crippen LogP contribution is 2.46. The topological polar surface area (TPSA) is 38.9 Å². The Morgan fingerprint density at radius 3 is 2.47 bits per heavy atom. The molecule has 108 valence electrons. The summed E-state index contributed by atoms with van der Waals surface area (Å²) < 4.78 is 0. The third-order valence-corrected chi connectivity index (χ3v) is 7.87. The van der Waals surface area contributed by atoms with Crippen molar-refractivity contribution < 1.29 is 0 Å². The van der Waals surface area contributed by atoms with Crippen LogP contribution in [0.3, 0.4) is 0 Å². The molecule has 1 fully saturated rings. The summed E-state index contributed by atoms with van der Waals surface area (Å²) in [6.45, 7) is 9.59. The fourth-order valence-corrected chi connectivity index (χ4v) is 6.92. The molecule has 2 N–H and O–H groups in total. The average molecular weight is 317 g/mol. The van der Waals surface area contributed by atoms with E-state index in [1.807, 2.05) is 11.3 Å². The number of thiazole rings is 1. The summed E-state index contributed by atoms with van der Waals surface area (Å²) in [5.74, 6) is 2.52. The second-order valence-electron chi connectivity index (χ2n) is 5.89. The summed E-state index contributed by atoms with van der Waals surface area (Å²) in [5.41, 5.74) is 7.22. The quantitative estimate of drug-likeness (QED) is 0.907. The van der Waals surface area contributed by atoms with Gasteiger partial charge in [-0.15, -0.1) is 23.1 Å². The van der Waals surface area contributed by atoms with Crippen LogP contribution in [0, 0.1) is 0 Å². The fraction of sp³-hybridized carbons (Fsp3) is 0.786. The van der Waals surface area contributed by atoms with Gasteiger partial charge in [0.25, 0.3) is 0 Å². The molecular formula is C14H24N2S3. The van der Waals surface area contributed by atoms with Crippen LogP contribution in [-0.2, 0) is 12.0 Å². The Morgan fingerprint density at radius 2 is 1.95 bits per heavy atom. The van der Waals surface area contributed by atoms with Crippen molar-refractivity contribution in [1.29, 1.82) is 0 Å². The SMILES string of the molecule is CCC1SCCSC1c1nc(C(C)(C)C)c(CN)s1. The highest BCUT2D eigenvalue weighted by molar-refractivity contribution is 8.06. The van der Waals surface area contributed by atoms with Crippen LogP contribution >= 0.6 is 34.9 Å². The van der Waals surface area contributed by atoms with Crippen molar-refractivity contribution in [2.75, 3.05) is 11.5 Å². The lowest BCUT2D eigenvalue weighted by atomic mass is 9.91. The van der Waals surface area contributed by atoms with Gasteiger partial charge in [-0.1, -0.05) is 27.7 Å². The van der Waals surface area contributed by atoms with E-state index in [1.165, 1.54) is 33.5 Å². The third kappa shape index (κ3) is 3.49. The minimum atomic E-state index is 0.0949. The van der Waals surface area contributed by atoms with Gasteiger partial charge in [0.05, 0.1) is 10.9 Å². The molecule has 2 unspecified atom stereocenters. The minimum absolute atomic E-state index is 0.0949. The molecule has 0 saturated carbocycles. The van der Waals surface area contributed by atoms with E-state index in [2.05, 4.69) is 51.2 Å². The van der Waals surface area contributed by atoms with Gasteiger partial charge in [-0.3, -0.25) is 0 Å². The first-order valence-electron chi connectivity index (χ1n) is 6.90. The van der Waals surface area contributed by atoms with E-state index < -0.39 is 0 Å². The predicted octanol–water partition coefficient (Wildman–Crippen LogP) is 4.20. The van der Waals surface area contributed by atoms with Gasteiger partial charge in [0.15, 0.2) is 0 Å². The molecule has 2 heterocycles. The molecule has 1 saturated heterocycles. The van der Waals surface area contributed by atoms with E-state index in [9.17, 15) is 0 Å². The highest BCUT2D eigenvalue weighted by atomic mass is 32.2. The number of hydrogen-bond acceptors (Lipinski definition) is 5. The van der Waals surface area contributed by atoms with Crippen LogP contribution in [0.1, 0.15) is 54.9 Å². The number of nitrogens with zero attached hydrogens (tertiary/aromatic N) is 1. The molecule has 5 heteroatoms. The first kappa shape index (κ1) is 15.7. The number of hydrogen-bond donors (Lipinski definition) is 1. The minimum Gasteiger partial charge on any atom is -0.326 e. The zero-order valence-electron chi connectivity index (χ0n) is 12.2. The smallest absolute Gasteiger partial charge is 0.107 e. The average Bonchev–Trinajstić information content (AvgIpc) is 2.82. The Kier molecular flexibility index (Phi) is 5.26. The number of aromatic nitrogens is 1. The van der Waals surface area contributed by atoms with Crippen LogP contribution in [0.15, 0.2) is 0 Å². The van der Waals surface area contributed by atoms with Crippen molar-refractivity contribution in [3.05, 3.63) is 15.6 Å². The van der Waals surface area contributed by atoms with Gasteiger partial charge in [0.2, 0.25) is 0 Å². The molecule has 0 aromatic carbocycles. The molecule has 1 aromatic heterocycles. The zero-order chi connectivity index (χ0) is 14.0. The van der Waals surface area contributed by atoms with Crippen LogP contribution in [0.2, 0.25) is 0 Å². The summed E-state index contributed by atoms with van der Waals surface area (Å²) in [5, 5.41) is 2.58. The van der Waals surface area contributed by atoms with Gasteiger partial charge in [-0.2, -0.15) is 11.8 Å². The second-order valence-corrected chi connectivity index (χ2v) is 9.60. The molecule has 0 spiro atoms. The van der Waals surface area contributed by atoms with Gasteiger partial charge in [-0.05, 0) is 6.42 Å². The molecule has 0 radical (unpaired) electrons. The monoisotopic (exact) mass is 316 g/mol. The van der Waals surface area contributed by atoms with E-state index in [0.29, 0.717) is 17.0 Å². The zero-order valence-corrected chi connectivity index (χ0v) is 14.7. The summed E-state index contributed by atoms with van der Waals surface area (Å²) >= 11 is 6.03. The number of nitrogens with two attached hydrogens (primary N) is 1. The van der Waals surface area contributed by atoms with Crippen molar-refractivity contribution in [1.82, 2.24) is 4.98 Å². The summed E-state index contributed by atoms with van der Waals surface area (Å²) in [6.07, 6.45) is 1.23. The van der Waals surface area contributed by atoms with Crippen LogP contribution in [-0.4, -0.2) is 21.7 Å². The number of rotatable bonds is 3. The Balaban J connectivity index is 2.32. The van der Waals surface area contributed by atoms with Crippen molar-refractivity contribution in [2.24, 2.45) is 5.73 Å². The first-order chi connectivity index (χ1) is 8.97. The van der Waals surface area contributed by atoms with E-state index in [1.54, 1.807) is 0 Å². The van der Waals surface area contributed by atoms with Gasteiger partial charge < -0.3 is 5.73 Å². The van der Waals surface area contributed by atoms with Gasteiger partial charge in [-0.25, -0.2) is 4.98 Å². The van der Waals surface area contributed by atoms with Gasteiger partial charge >= 0.3 is 0 Å². The lowest BCUT2D eigenvalue weighted by molar-refractivity contribution is 0.563. The molecular weight excluding hydrogens is 292 g/mol. The van der Waals surface area contributed by atoms with Gasteiger partial charge in [0, 0.05) is 33.6 Å². The molecule has 1 aliphatic rings. The lowest BCUT2D eigenvalue weighted by Crippen LogP contribution is -2.19. The maximum Gasteiger partial charge on any atom is 0.107 e. The summed E-state index contributed by atoms with van der Waals surface area (Å²) in [4.78, 5) is 6.25. The van der Waals surface area contributed by atoms with Crippen molar-refractivity contribution >= 4 is 34.9 Å². The molecule has 1 aromatic rings. The third-order valence-electron chi connectivity index (χ3n) is 3.31. The van der Waals surface area contributed by atoms with Gasteiger partial charge in [0.1, 0.15) is 5.01 Å². The van der Waals surface area contributed by atoms with E-state index >= 15 is 0 Å². The van der Waals surface area contributed by atoms with E-state index in [4.69, 9.17) is 10.7 Å². The molecule has 2 nitrogen and oxygen atoms in total. The van der Waals surface area contributed by atoms with Crippen LogP contribution in [0.4, 0.5) is 0 Å². The van der Waals surface area contributed by atoms with E-state index in [-0.39, 0.29) is 5.41 Å². The highest BCUT2D eigenvalue weighted by Gasteiger charge is 2.31. The molecule has 0 aliphatic carbocycles. The fourth-order valence-electron chi connectivity index (χ4n) is 2.35. The Morgan fingerprint density at radius 1 is 1.26 bits per heavy atom. The maximum atomic E-state index is 5.92. The Labute approximate surface area is 129 Å². The Hall–Kier alpha value is 0.290. The summed E-state index contributed by atoms with van der Waals surface area (Å²) in [6, 6.07) is 0. The molecule has 2 rings (SSSR count). The van der Waals surface area contributed by atoms with Crippen molar-refractivity contribution in [3.8, 4) is 0 Å². The standard InChI is InChI=1S/C14H24N2S3/c1-5-9-11(18-7-6-17-9)13-16-12(14(2,3)4)10(8-15)19-13/h9,11H,5-8,15H2,1-4H3. The lowest BCUT2D eigenvalue weighted by Gasteiger charge is -2.28. The second kappa shape index (κ2) is 6.37. The number of thioether (sulfide) groups is 2. The van der Waals surface area contributed by atoms with Crippen LogP contribution in [0.5, 0.6) is 0 Å². The molecule has 0 amide bonds. The Bertz CT molecular complexity index is 423. The van der Waals surface area contributed by atoms with Crippen molar-refractivity contribution in [3.63, 3.8) is 0 Å². The molecule has 2 atom stereocenters. The first-order valence-corrected chi connectivity index (χ1v) is 9.82. The van der Waals surface area contributed by atoms with Crippen molar-refractivity contribution in [2.45, 2.75) is 56.6 Å². The van der Waals surface area contributed by atoms with E-state index in [0.717, 1.165) is 0 Å². The largest absolute Gasteiger partial charge is 0.326 e. The summed E-state index contributed by atoms with van der Waals surface area (Å²) in [7, 11) is 0. The van der Waals surface area contributed by atoms with Crippen LogP contribution in [0.25, 0.3) is 0 Å². The van der Waals surface area contributed by atoms with Crippen LogP contribution < -0.4 is 5.73 Å². The normalized spacial score (nSPS) is 24.7. The molecule has 0 bridgehead atoms. The molecule has 19 heavy (non-hydrogen) atoms. The predicted molar refractivity (Wildman–Crippen MR) is 90.4 cm³/mol. The maximum absolute atomic E-state index is 5.92.